The number of benzene rings is 1. The van der Waals surface area contributed by atoms with E-state index in [-0.39, 0.29) is 5.82 Å². The minimum atomic E-state index is -0.255. The molecule has 0 aliphatic carbocycles. The maximum Gasteiger partial charge on any atom is 0.123 e. The first-order chi connectivity index (χ1) is 6.15. The van der Waals surface area contributed by atoms with E-state index in [0.717, 1.165) is 11.1 Å². The van der Waals surface area contributed by atoms with Crippen LogP contribution in [-0.4, -0.2) is 5.71 Å². The van der Waals surface area contributed by atoms with Crippen LogP contribution in [0.5, 0.6) is 0 Å². The minimum absolute atomic E-state index is 0.255. The van der Waals surface area contributed by atoms with Crippen LogP contribution in [0, 0.1) is 18.2 Å². The Hall–Kier alpha value is -1.44. The van der Waals surface area contributed by atoms with Crippen LogP contribution in [0.4, 0.5) is 4.39 Å². The Morgan fingerprint density at radius 1 is 1.46 bits per heavy atom. The van der Waals surface area contributed by atoms with Gasteiger partial charge in [0, 0.05) is 5.56 Å². The van der Waals surface area contributed by atoms with Gasteiger partial charge in [-0.15, -0.1) is 0 Å². The molecule has 0 saturated carbocycles. The number of halogens is 1. The van der Waals surface area contributed by atoms with E-state index in [1.807, 2.05) is 6.92 Å². The number of rotatable bonds is 2. The first-order valence-electron chi connectivity index (χ1n) is 4.13. The molecule has 0 bridgehead atoms. The van der Waals surface area contributed by atoms with Crippen molar-refractivity contribution in [3.05, 3.63) is 47.3 Å². The molecule has 0 saturated heterocycles. The summed E-state index contributed by atoms with van der Waals surface area (Å²) in [5.41, 5.74) is 1.99. The fourth-order valence-corrected chi connectivity index (χ4v) is 1.19. The molecule has 0 unspecified atom stereocenters. The van der Waals surface area contributed by atoms with Crippen LogP contribution in [0.2, 0.25) is 0 Å². The topological polar surface area (TPSA) is 23.9 Å². The van der Waals surface area contributed by atoms with Crippen LogP contribution in [0.1, 0.15) is 18.1 Å². The summed E-state index contributed by atoms with van der Waals surface area (Å²) in [5.74, 6) is -0.255. The summed E-state index contributed by atoms with van der Waals surface area (Å²) in [7, 11) is 0. The van der Waals surface area contributed by atoms with Gasteiger partial charge in [0.1, 0.15) is 5.82 Å². The predicted octanol–water partition coefficient (Wildman–Crippen LogP) is 3.08. The van der Waals surface area contributed by atoms with Crippen molar-refractivity contribution in [3.8, 4) is 0 Å². The number of hydrogen-bond donors (Lipinski definition) is 1. The molecule has 0 radical (unpaired) electrons. The molecule has 2 heteroatoms. The van der Waals surface area contributed by atoms with Gasteiger partial charge >= 0.3 is 0 Å². The van der Waals surface area contributed by atoms with E-state index in [1.165, 1.54) is 12.1 Å². The van der Waals surface area contributed by atoms with Gasteiger partial charge < -0.3 is 5.41 Å². The predicted molar refractivity (Wildman–Crippen MR) is 52.8 cm³/mol. The molecule has 0 aliphatic rings. The van der Waals surface area contributed by atoms with Crippen molar-refractivity contribution < 1.29 is 4.39 Å². The highest BCUT2D eigenvalue weighted by molar-refractivity contribution is 6.07. The monoisotopic (exact) mass is 177 g/mol. The van der Waals surface area contributed by atoms with Crippen LogP contribution >= 0.6 is 0 Å². The molecule has 0 amide bonds. The van der Waals surface area contributed by atoms with E-state index in [2.05, 4.69) is 0 Å². The maximum atomic E-state index is 12.7. The molecule has 0 spiro atoms. The Labute approximate surface area is 77.4 Å². The first kappa shape index (κ1) is 9.65. The number of hydrogen-bond acceptors (Lipinski definition) is 1. The molecule has 0 aliphatic heterocycles. The van der Waals surface area contributed by atoms with E-state index in [9.17, 15) is 4.39 Å². The smallest absolute Gasteiger partial charge is 0.123 e. The van der Waals surface area contributed by atoms with Gasteiger partial charge in [0.05, 0.1) is 5.71 Å². The van der Waals surface area contributed by atoms with E-state index in [0.29, 0.717) is 5.71 Å². The van der Waals surface area contributed by atoms with Gasteiger partial charge in [-0.25, -0.2) is 4.39 Å². The Morgan fingerprint density at radius 2 is 2.15 bits per heavy atom. The van der Waals surface area contributed by atoms with Gasteiger partial charge in [-0.2, -0.15) is 0 Å². The van der Waals surface area contributed by atoms with Crippen LogP contribution < -0.4 is 0 Å². The molecule has 1 nitrogen and oxygen atoms in total. The molecule has 68 valence electrons. The zero-order valence-electron chi connectivity index (χ0n) is 7.76. The van der Waals surface area contributed by atoms with Gasteiger partial charge in [-0.05, 0) is 43.7 Å². The lowest BCUT2D eigenvalue weighted by atomic mass is 10.0. The van der Waals surface area contributed by atoms with Crippen molar-refractivity contribution in [2.75, 3.05) is 0 Å². The van der Waals surface area contributed by atoms with Gasteiger partial charge in [0.2, 0.25) is 0 Å². The summed E-state index contributed by atoms with van der Waals surface area (Å²) in [4.78, 5) is 0. The fourth-order valence-electron chi connectivity index (χ4n) is 1.19. The third-order valence-electron chi connectivity index (χ3n) is 1.81. The lowest BCUT2D eigenvalue weighted by Crippen LogP contribution is -1.97. The second-order valence-corrected chi connectivity index (χ2v) is 2.87. The first-order valence-corrected chi connectivity index (χ1v) is 4.13. The highest BCUT2D eigenvalue weighted by atomic mass is 19.1. The molecular formula is C11H12FN. The van der Waals surface area contributed by atoms with Gasteiger partial charge in [-0.3, -0.25) is 0 Å². The molecule has 13 heavy (non-hydrogen) atoms. The zero-order valence-corrected chi connectivity index (χ0v) is 7.76. The Kier molecular flexibility index (Phi) is 2.96. The standard InChI is InChI=1S/C11H12FN/c1-3-4-11(13)10-6-5-9(12)7-8(10)2/h3-7,13H,1-2H3/b4-3-,13-11?. The van der Waals surface area contributed by atoms with E-state index in [4.69, 9.17) is 5.41 Å². The van der Waals surface area contributed by atoms with E-state index in [1.54, 1.807) is 25.1 Å². The maximum absolute atomic E-state index is 12.7. The normalized spacial score (nSPS) is 10.7. The van der Waals surface area contributed by atoms with Crippen LogP contribution in [0.3, 0.4) is 0 Å². The lowest BCUT2D eigenvalue weighted by molar-refractivity contribution is 0.626. The van der Waals surface area contributed by atoms with Crippen molar-refractivity contribution in [1.29, 1.82) is 5.41 Å². The summed E-state index contributed by atoms with van der Waals surface area (Å²) in [6.07, 6.45) is 3.49. The summed E-state index contributed by atoms with van der Waals surface area (Å²) in [6.45, 7) is 3.66. The molecule has 1 aromatic rings. The van der Waals surface area contributed by atoms with Gasteiger partial charge in [0.25, 0.3) is 0 Å². The van der Waals surface area contributed by atoms with Crippen molar-refractivity contribution >= 4 is 5.71 Å². The molecule has 0 atom stereocenters. The van der Waals surface area contributed by atoms with Crippen molar-refractivity contribution in [2.24, 2.45) is 0 Å². The average molecular weight is 177 g/mol. The number of nitrogens with one attached hydrogen (secondary N) is 1. The van der Waals surface area contributed by atoms with Gasteiger partial charge in [-0.1, -0.05) is 6.08 Å². The molecular weight excluding hydrogens is 165 g/mol. The summed E-state index contributed by atoms with van der Waals surface area (Å²) in [5, 5.41) is 7.63. The minimum Gasteiger partial charge on any atom is -0.300 e. The Morgan fingerprint density at radius 3 is 2.69 bits per heavy atom. The molecule has 0 aromatic heterocycles. The van der Waals surface area contributed by atoms with Crippen LogP contribution in [0.15, 0.2) is 30.4 Å². The fraction of sp³-hybridized carbons (Fsp3) is 0.182. The lowest BCUT2D eigenvalue weighted by Gasteiger charge is -2.03. The highest BCUT2D eigenvalue weighted by Gasteiger charge is 2.02. The number of allylic oxidation sites excluding steroid dienone is 2. The van der Waals surface area contributed by atoms with Gasteiger partial charge in [0.15, 0.2) is 0 Å². The summed E-state index contributed by atoms with van der Waals surface area (Å²) in [6, 6.07) is 4.45. The quantitative estimate of drug-likeness (QED) is 0.671. The molecule has 1 aromatic carbocycles. The summed E-state index contributed by atoms with van der Waals surface area (Å²) < 4.78 is 12.7. The van der Waals surface area contributed by atoms with E-state index < -0.39 is 0 Å². The molecule has 1 N–H and O–H groups in total. The second-order valence-electron chi connectivity index (χ2n) is 2.87. The van der Waals surface area contributed by atoms with Crippen molar-refractivity contribution in [3.63, 3.8) is 0 Å². The van der Waals surface area contributed by atoms with Crippen LogP contribution in [0.25, 0.3) is 0 Å². The molecule has 1 rings (SSSR count). The average Bonchev–Trinajstić information content (AvgIpc) is 2.04. The van der Waals surface area contributed by atoms with Crippen molar-refractivity contribution in [1.82, 2.24) is 0 Å². The van der Waals surface area contributed by atoms with Crippen molar-refractivity contribution in [2.45, 2.75) is 13.8 Å². The SMILES string of the molecule is C/C=C\C(=N)c1ccc(F)cc1C. The summed E-state index contributed by atoms with van der Waals surface area (Å²) >= 11 is 0. The number of aryl methyl sites for hydroxylation is 1. The Balaban J connectivity index is 3.09. The zero-order chi connectivity index (χ0) is 9.84. The molecule has 0 fully saturated rings. The third-order valence-corrected chi connectivity index (χ3v) is 1.81. The largest absolute Gasteiger partial charge is 0.300 e. The highest BCUT2D eigenvalue weighted by Crippen LogP contribution is 2.11. The second kappa shape index (κ2) is 3.99. The van der Waals surface area contributed by atoms with Crippen LogP contribution in [-0.2, 0) is 0 Å². The Bertz CT molecular complexity index is 353. The van der Waals surface area contributed by atoms with E-state index >= 15 is 0 Å². The molecule has 0 heterocycles. The third kappa shape index (κ3) is 2.25.